The molecule has 0 spiro atoms. The van der Waals surface area contributed by atoms with Gasteiger partial charge in [-0.1, -0.05) is 31.4 Å². The summed E-state index contributed by atoms with van der Waals surface area (Å²) in [6.07, 6.45) is 7.32. The zero-order valence-corrected chi connectivity index (χ0v) is 7.84. The van der Waals surface area contributed by atoms with Crippen LogP contribution in [0.15, 0.2) is 17.9 Å². The van der Waals surface area contributed by atoms with Crippen molar-refractivity contribution in [3.63, 3.8) is 0 Å². The van der Waals surface area contributed by atoms with Crippen LogP contribution in [0.5, 0.6) is 0 Å². The third-order valence-corrected chi connectivity index (χ3v) is 3.93. The first-order valence-corrected chi connectivity index (χ1v) is 5.68. The maximum atomic E-state index is 2.34. The van der Waals surface area contributed by atoms with Gasteiger partial charge in [-0.15, -0.1) is 8.19 Å². The molecule has 1 saturated carbocycles. The smallest absolute Gasteiger partial charge is 0.0127 e. The lowest BCUT2D eigenvalue weighted by molar-refractivity contribution is 0.448. The van der Waals surface area contributed by atoms with E-state index in [1.165, 1.54) is 32.1 Å². The molecule has 60 valence electrons. The van der Waals surface area contributed by atoms with Crippen LogP contribution in [0.3, 0.4) is 0 Å². The molecule has 0 aliphatic heterocycles. The molecule has 1 aliphatic rings. The fourth-order valence-corrected chi connectivity index (χ4v) is 3.11. The SMILES string of the molecule is c1c[pH]c(C2CCCCC2)c1. The first-order valence-electron chi connectivity index (χ1n) is 4.60. The van der Waals surface area contributed by atoms with Crippen molar-refractivity contribution in [1.82, 2.24) is 0 Å². The molecule has 1 atom stereocenters. The molecule has 0 N–H and O–H groups in total. The maximum absolute atomic E-state index is 2.34. The second-order valence-corrected chi connectivity index (χ2v) is 4.66. The molecule has 1 heterocycles. The predicted octanol–water partition coefficient (Wildman–Crippen LogP) is 3.77. The van der Waals surface area contributed by atoms with Crippen LogP contribution < -0.4 is 0 Å². The van der Waals surface area contributed by atoms with E-state index in [1.54, 1.807) is 5.30 Å². The zero-order chi connectivity index (χ0) is 7.52. The number of rotatable bonds is 1. The lowest BCUT2D eigenvalue weighted by atomic mass is 9.88. The Hall–Kier alpha value is -0.220. The highest BCUT2D eigenvalue weighted by Gasteiger charge is 2.14. The summed E-state index contributed by atoms with van der Waals surface area (Å²) in [6, 6.07) is 4.57. The summed E-state index contributed by atoms with van der Waals surface area (Å²) in [5.41, 5.74) is 0. The van der Waals surface area contributed by atoms with Crippen LogP contribution in [0.1, 0.15) is 43.3 Å². The van der Waals surface area contributed by atoms with Crippen LogP contribution in [-0.2, 0) is 0 Å². The van der Waals surface area contributed by atoms with Crippen molar-refractivity contribution in [1.29, 1.82) is 0 Å². The largest absolute Gasteiger partial charge is 0.136 e. The number of hydrogen-bond acceptors (Lipinski definition) is 0. The van der Waals surface area contributed by atoms with Crippen molar-refractivity contribution in [2.45, 2.75) is 38.0 Å². The van der Waals surface area contributed by atoms with Gasteiger partial charge in [0.1, 0.15) is 0 Å². The molecule has 0 radical (unpaired) electrons. The fourth-order valence-electron chi connectivity index (χ4n) is 2.01. The molecule has 11 heavy (non-hydrogen) atoms. The average molecular weight is 166 g/mol. The van der Waals surface area contributed by atoms with Gasteiger partial charge < -0.3 is 0 Å². The first kappa shape index (κ1) is 7.43. The number of hydrogen-bond donors (Lipinski definition) is 0. The van der Waals surface area contributed by atoms with Gasteiger partial charge >= 0.3 is 0 Å². The third-order valence-electron chi connectivity index (χ3n) is 2.67. The normalized spacial score (nSPS) is 21.1. The zero-order valence-electron chi connectivity index (χ0n) is 6.84. The van der Waals surface area contributed by atoms with E-state index in [9.17, 15) is 0 Å². The molecule has 0 nitrogen and oxygen atoms in total. The highest BCUT2D eigenvalue weighted by molar-refractivity contribution is 7.30. The van der Waals surface area contributed by atoms with Crippen LogP contribution in [0.2, 0.25) is 0 Å². The van der Waals surface area contributed by atoms with E-state index in [0.29, 0.717) is 0 Å². The van der Waals surface area contributed by atoms with Crippen LogP contribution in [0.25, 0.3) is 0 Å². The Morgan fingerprint density at radius 3 is 2.64 bits per heavy atom. The highest BCUT2D eigenvalue weighted by Crippen LogP contribution is 2.36. The Morgan fingerprint density at radius 1 is 1.18 bits per heavy atom. The monoisotopic (exact) mass is 166 g/mol. The lowest BCUT2D eigenvalue weighted by Gasteiger charge is -2.20. The Labute approximate surface area is 70.1 Å². The Bertz CT molecular complexity index is 195. The highest BCUT2D eigenvalue weighted by atomic mass is 31.0. The van der Waals surface area contributed by atoms with Gasteiger partial charge in [0.05, 0.1) is 0 Å². The second kappa shape index (κ2) is 3.45. The quantitative estimate of drug-likeness (QED) is 0.595. The van der Waals surface area contributed by atoms with Gasteiger partial charge in [-0.25, -0.2) is 0 Å². The molecule has 1 aliphatic carbocycles. The topological polar surface area (TPSA) is 0 Å². The van der Waals surface area contributed by atoms with Crippen molar-refractivity contribution in [2.75, 3.05) is 0 Å². The minimum absolute atomic E-state index is 0.956. The molecule has 1 aromatic rings. The van der Waals surface area contributed by atoms with Gasteiger partial charge in [-0.05, 0) is 29.9 Å². The second-order valence-electron chi connectivity index (χ2n) is 3.46. The molecular formula is C10H15P. The maximum Gasteiger partial charge on any atom is -0.0127 e. The van der Waals surface area contributed by atoms with E-state index < -0.39 is 0 Å². The van der Waals surface area contributed by atoms with E-state index in [-0.39, 0.29) is 0 Å². The molecule has 0 saturated heterocycles. The summed E-state index contributed by atoms with van der Waals surface area (Å²) in [5, 5.41) is 1.73. The van der Waals surface area contributed by atoms with Gasteiger partial charge in [0.2, 0.25) is 0 Å². The van der Waals surface area contributed by atoms with Gasteiger partial charge in [0.15, 0.2) is 0 Å². The van der Waals surface area contributed by atoms with Crippen molar-refractivity contribution in [2.24, 2.45) is 0 Å². The summed E-state index contributed by atoms with van der Waals surface area (Å²) < 4.78 is 0. The van der Waals surface area contributed by atoms with Crippen LogP contribution in [0.4, 0.5) is 0 Å². The minimum Gasteiger partial charge on any atom is -0.136 e. The van der Waals surface area contributed by atoms with Crippen molar-refractivity contribution < 1.29 is 0 Å². The van der Waals surface area contributed by atoms with E-state index in [0.717, 1.165) is 14.1 Å². The van der Waals surface area contributed by atoms with Crippen molar-refractivity contribution in [3.05, 3.63) is 23.2 Å². The molecule has 0 amide bonds. The van der Waals surface area contributed by atoms with E-state index >= 15 is 0 Å². The van der Waals surface area contributed by atoms with Gasteiger partial charge in [-0.2, -0.15) is 0 Å². The predicted molar refractivity (Wildman–Crippen MR) is 51.8 cm³/mol. The summed E-state index contributed by atoms with van der Waals surface area (Å²) >= 11 is 0. The molecule has 1 unspecified atom stereocenters. The van der Waals surface area contributed by atoms with Crippen LogP contribution >= 0.6 is 8.19 Å². The summed E-state index contributed by atoms with van der Waals surface area (Å²) in [7, 11) is 1.01. The molecule has 1 aromatic heterocycles. The van der Waals surface area contributed by atoms with E-state index in [4.69, 9.17) is 0 Å². The molecule has 2 rings (SSSR count). The summed E-state index contributed by atoms with van der Waals surface area (Å²) in [4.78, 5) is 0. The molecule has 1 heteroatoms. The standard InChI is InChI=1S/C10H15P/c1-2-5-9(6-3-1)10-7-4-8-11-10/h4,7-9,11H,1-3,5-6H2. The molecule has 1 fully saturated rings. The van der Waals surface area contributed by atoms with Crippen molar-refractivity contribution in [3.8, 4) is 0 Å². The minimum atomic E-state index is 0.956. The van der Waals surface area contributed by atoms with Gasteiger partial charge in [-0.3, -0.25) is 0 Å². The van der Waals surface area contributed by atoms with E-state index in [2.05, 4.69) is 17.9 Å². The van der Waals surface area contributed by atoms with Crippen LogP contribution in [-0.4, -0.2) is 0 Å². The lowest BCUT2D eigenvalue weighted by Crippen LogP contribution is -2.01. The van der Waals surface area contributed by atoms with Crippen molar-refractivity contribution >= 4 is 8.19 Å². The molecule has 0 bridgehead atoms. The molecule has 0 aromatic carbocycles. The summed E-state index contributed by atoms with van der Waals surface area (Å²) in [6.45, 7) is 0. The third kappa shape index (κ3) is 1.68. The molecular weight excluding hydrogens is 151 g/mol. The summed E-state index contributed by atoms with van der Waals surface area (Å²) in [5.74, 6) is 3.27. The fraction of sp³-hybridized carbons (Fsp3) is 0.600. The Balaban J connectivity index is 2.04. The van der Waals surface area contributed by atoms with Gasteiger partial charge in [0.25, 0.3) is 0 Å². The van der Waals surface area contributed by atoms with Crippen LogP contribution in [0, 0.1) is 0 Å². The Morgan fingerprint density at radius 2 is 2.00 bits per heavy atom. The van der Waals surface area contributed by atoms with Gasteiger partial charge in [0, 0.05) is 0 Å². The first-order chi connectivity index (χ1) is 5.47. The average Bonchev–Trinajstić information content (AvgIpc) is 2.58. The van der Waals surface area contributed by atoms with E-state index in [1.807, 2.05) is 0 Å². The Kier molecular flexibility index (Phi) is 2.33.